The first-order valence-corrected chi connectivity index (χ1v) is 10.1. The van der Waals surface area contributed by atoms with Crippen LogP contribution in [0.3, 0.4) is 0 Å². The van der Waals surface area contributed by atoms with Gasteiger partial charge in [0.2, 0.25) is 8.32 Å². The molecule has 0 radical (unpaired) electrons. The Labute approximate surface area is 121 Å². The largest absolute Gasteiger partial charge is 0.543 e. The SMILES string of the molecule is Cc1cc(O[Si](C)(C)C(C)(C)C)c(C)c(C)c1Br. The predicted octanol–water partition coefficient (Wildman–Crippen LogP) is 5.76. The topological polar surface area (TPSA) is 9.23 Å². The summed E-state index contributed by atoms with van der Waals surface area (Å²) in [6.07, 6.45) is 0. The van der Waals surface area contributed by atoms with Crippen LogP contribution in [0.2, 0.25) is 18.1 Å². The van der Waals surface area contributed by atoms with Crippen LogP contribution in [-0.2, 0) is 0 Å². The minimum atomic E-state index is -1.76. The molecular weight excluding hydrogens is 304 g/mol. The zero-order valence-electron chi connectivity index (χ0n) is 12.9. The third-order valence-electron chi connectivity index (χ3n) is 4.13. The fourth-order valence-electron chi connectivity index (χ4n) is 1.55. The van der Waals surface area contributed by atoms with Gasteiger partial charge in [-0.3, -0.25) is 0 Å². The molecule has 18 heavy (non-hydrogen) atoms. The fourth-order valence-corrected chi connectivity index (χ4v) is 3.03. The van der Waals surface area contributed by atoms with Gasteiger partial charge in [0.15, 0.2) is 0 Å². The van der Waals surface area contributed by atoms with Gasteiger partial charge >= 0.3 is 0 Å². The highest BCUT2D eigenvalue weighted by molar-refractivity contribution is 9.10. The summed E-state index contributed by atoms with van der Waals surface area (Å²) < 4.78 is 7.63. The average molecular weight is 329 g/mol. The number of hydrogen-bond donors (Lipinski definition) is 0. The lowest BCUT2D eigenvalue weighted by Gasteiger charge is -2.37. The summed E-state index contributed by atoms with van der Waals surface area (Å²) in [6.45, 7) is 17.8. The maximum atomic E-state index is 6.43. The van der Waals surface area contributed by atoms with Crippen molar-refractivity contribution in [2.45, 2.75) is 59.7 Å². The van der Waals surface area contributed by atoms with Crippen molar-refractivity contribution in [1.82, 2.24) is 0 Å². The third-order valence-corrected chi connectivity index (χ3v) is 9.69. The first-order chi connectivity index (χ1) is 7.97. The van der Waals surface area contributed by atoms with E-state index in [4.69, 9.17) is 4.43 Å². The van der Waals surface area contributed by atoms with Gasteiger partial charge in [0.25, 0.3) is 0 Å². The molecule has 0 atom stereocenters. The zero-order chi connectivity index (χ0) is 14.3. The molecule has 0 spiro atoms. The minimum absolute atomic E-state index is 0.230. The van der Waals surface area contributed by atoms with Crippen LogP contribution < -0.4 is 4.43 Å². The Morgan fingerprint density at radius 1 is 1.06 bits per heavy atom. The highest BCUT2D eigenvalue weighted by Crippen LogP contribution is 2.40. The number of hydrogen-bond acceptors (Lipinski definition) is 1. The summed E-state index contributed by atoms with van der Waals surface area (Å²) in [5, 5.41) is 0.230. The quantitative estimate of drug-likeness (QED) is 0.627. The van der Waals surface area contributed by atoms with Crippen molar-refractivity contribution in [3.05, 3.63) is 27.2 Å². The van der Waals surface area contributed by atoms with Crippen LogP contribution in [0.25, 0.3) is 0 Å². The van der Waals surface area contributed by atoms with Crippen molar-refractivity contribution in [3.8, 4) is 5.75 Å². The monoisotopic (exact) mass is 328 g/mol. The summed E-state index contributed by atoms with van der Waals surface area (Å²) >= 11 is 3.64. The van der Waals surface area contributed by atoms with E-state index in [-0.39, 0.29) is 5.04 Å². The third kappa shape index (κ3) is 2.99. The molecule has 0 saturated carbocycles. The number of benzene rings is 1. The number of aryl methyl sites for hydroxylation is 1. The normalized spacial score (nSPS) is 12.7. The van der Waals surface area contributed by atoms with Crippen LogP contribution in [0.15, 0.2) is 10.5 Å². The van der Waals surface area contributed by atoms with Crippen LogP contribution >= 0.6 is 15.9 Å². The highest BCUT2D eigenvalue weighted by Gasteiger charge is 2.39. The van der Waals surface area contributed by atoms with Crippen molar-refractivity contribution in [1.29, 1.82) is 0 Å². The molecule has 1 aromatic carbocycles. The summed E-state index contributed by atoms with van der Waals surface area (Å²) in [5.41, 5.74) is 3.77. The van der Waals surface area contributed by atoms with Gasteiger partial charge in [0, 0.05) is 4.47 Å². The van der Waals surface area contributed by atoms with Crippen molar-refractivity contribution in [3.63, 3.8) is 0 Å². The molecule has 0 heterocycles. The van der Waals surface area contributed by atoms with Crippen molar-refractivity contribution >= 4 is 24.2 Å². The predicted molar refractivity (Wildman–Crippen MR) is 86.2 cm³/mol. The van der Waals surface area contributed by atoms with Crippen molar-refractivity contribution in [2.24, 2.45) is 0 Å². The first kappa shape index (κ1) is 15.8. The molecule has 102 valence electrons. The van der Waals surface area contributed by atoms with Gasteiger partial charge in [-0.15, -0.1) is 0 Å². The van der Waals surface area contributed by atoms with E-state index in [1.807, 2.05) is 0 Å². The zero-order valence-corrected chi connectivity index (χ0v) is 15.4. The Morgan fingerprint density at radius 2 is 1.56 bits per heavy atom. The molecule has 0 unspecified atom stereocenters. The van der Waals surface area contributed by atoms with E-state index in [1.165, 1.54) is 21.2 Å². The standard InChI is InChI=1S/C15H25BrOSi/c1-10-9-13(11(2)12(3)14(10)16)17-18(7,8)15(4,5)6/h9H,1-8H3. The Morgan fingerprint density at radius 3 is 2.00 bits per heavy atom. The second-order valence-electron chi connectivity index (χ2n) is 6.62. The Bertz CT molecular complexity index is 459. The summed E-state index contributed by atoms with van der Waals surface area (Å²) in [6, 6.07) is 2.16. The maximum Gasteiger partial charge on any atom is 0.250 e. The molecule has 3 heteroatoms. The van der Waals surface area contributed by atoms with E-state index in [9.17, 15) is 0 Å². The van der Waals surface area contributed by atoms with Gasteiger partial charge in [0.05, 0.1) is 0 Å². The molecule has 0 amide bonds. The van der Waals surface area contributed by atoms with Crippen LogP contribution in [-0.4, -0.2) is 8.32 Å². The summed E-state index contributed by atoms with van der Waals surface area (Å²) in [4.78, 5) is 0. The Hall–Kier alpha value is -0.283. The highest BCUT2D eigenvalue weighted by atomic mass is 79.9. The smallest absolute Gasteiger partial charge is 0.250 e. The molecule has 0 aliphatic rings. The summed E-state index contributed by atoms with van der Waals surface area (Å²) in [5.74, 6) is 1.06. The van der Waals surface area contributed by atoms with Gasteiger partial charge in [-0.2, -0.15) is 0 Å². The molecule has 0 aromatic heterocycles. The molecule has 1 aromatic rings. The molecular formula is C15H25BrOSi. The van der Waals surface area contributed by atoms with Crippen LogP contribution in [0.5, 0.6) is 5.75 Å². The van der Waals surface area contributed by atoms with E-state index >= 15 is 0 Å². The first-order valence-electron chi connectivity index (χ1n) is 6.42. The van der Waals surface area contributed by atoms with Crippen LogP contribution in [0.4, 0.5) is 0 Å². The Balaban J connectivity index is 3.22. The van der Waals surface area contributed by atoms with Gasteiger partial charge in [-0.25, -0.2) is 0 Å². The fraction of sp³-hybridized carbons (Fsp3) is 0.600. The minimum Gasteiger partial charge on any atom is -0.543 e. The van der Waals surface area contributed by atoms with Gasteiger partial charge in [-0.05, 0) is 61.7 Å². The maximum absolute atomic E-state index is 6.43. The average Bonchev–Trinajstić information content (AvgIpc) is 2.21. The summed E-state index contributed by atoms with van der Waals surface area (Å²) in [7, 11) is -1.76. The lowest BCUT2D eigenvalue weighted by atomic mass is 10.1. The molecule has 0 aliphatic heterocycles. The van der Waals surface area contributed by atoms with E-state index in [0.717, 1.165) is 5.75 Å². The molecule has 1 rings (SSSR count). The van der Waals surface area contributed by atoms with E-state index in [1.54, 1.807) is 0 Å². The molecule has 0 bridgehead atoms. The van der Waals surface area contributed by atoms with Gasteiger partial charge in [-0.1, -0.05) is 36.7 Å². The molecule has 0 N–H and O–H groups in total. The lowest BCUT2D eigenvalue weighted by Crippen LogP contribution is -2.44. The van der Waals surface area contributed by atoms with Crippen molar-refractivity contribution < 1.29 is 4.43 Å². The van der Waals surface area contributed by atoms with Crippen molar-refractivity contribution in [2.75, 3.05) is 0 Å². The second-order valence-corrected chi connectivity index (χ2v) is 12.1. The molecule has 0 saturated heterocycles. The van der Waals surface area contributed by atoms with E-state index in [2.05, 4.69) is 76.6 Å². The Kier molecular flexibility index (Phi) is 4.39. The van der Waals surface area contributed by atoms with Crippen LogP contribution in [0.1, 0.15) is 37.5 Å². The van der Waals surface area contributed by atoms with Gasteiger partial charge in [0.1, 0.15) is 5.75 Å². The van der Waals surface area contributed by atoms with Gasteiger partial charge < -0.3 is 4.43 Å². The molecule has 0 aliphatic carbocycles. The molecule has 1 nitrogen and oxygen atoms in total. The number of rotatable bonds is 2. The second kappa shape index (κ2) is 5.01. The molecule has 0 fully saturated rings. The van der Waals surface area contributed by atoms with Crippen LogP contribution in [0, 0.1) is 20.8 Å². The van der Waals surface area contributed by atoms with E-state index < -0.39 is 8.32 Å². The lowest BCUT2D eigenvalue weighted by molar-refractivity contribution is 0.488. The van der Waals surface area contributed by atoms with E-state index in [0.29, 0.717) is 0 Å². The number of halogens is 1.